The van der Waals surface area contributed by atoms with Gasteiger partial charge in [-0.3, -0.25) is 19.3 Å². The van der Waals surface area contributed by atoms with Gasteiger partial charge in [-0.25, -0.2) is 0 Å². The molecule has 154 valence electrons. The lowest BCUT2D eigenvalue weighted by Crippen LogP contribution is -2.44. The van der Waals surface area contributed by atoms with E-state index in [-0.39, 0.29) is 43.4 Å². The van der Waals surface area contributed by atoms with Crippen molar-refractivity contribution in [2.45, 2.75) is 20.8 Å². The Morgan fingerprint density at radius 3 is 2.66 bits per heavy atom. The topological polar surface area (TPSA) is 60.9 Å². The van der Waals surface area contributed by atoms with Gasteiger partial charge in [0.1, 0.15) is 19.8 Å². The molecular formula is C21H24ClN3O3S. The lowest BCUT2D eigenvalue weighted by molar-refractivity contribution is -0.132. The van der Waals surface area contributed by atoms with Crippen LogP contribution in [0.3, 0.4) is 0 Å². The summed E-state index contributed by atoms with van der Waals surface area (Å²) in [4.78, 5) is 43.5. The first-order chi connectivity index (χ1) is 13.8. The Bertz CT molecular complexity index is 914. The predicted molar refractivity (Wildman–Crippen MR) is 115 cm³/mol. The average Bonchev–Trinajstić information content (AvgIpc) is 3.32. The Kier molecular flexibility index (Phi) is 6.59. The van der Waals surface area contributed by atoms with Gasteiger partial charge in [-0.1, -0.05) is 37.6 Å². The SMILES string of the molecule is Cc1c(Cl)cccc1N1CN(C(=O)CN(CC(C)C)C(=O)c2cccs2)CC1=O. The van der Waals surface area contributed by atoms with E-state index >= 15 is 0 Å². The number of rotatable bonds is 6. The van der Waals surface area contributed by atoms with Crippen molar-refractivity contribution in [3.8, 4) is 0 Å². The summed E-state index contributed by atoms with van der Waals surface area (Å²) in [5.41, 5.74) is 1.50. The minimum atomic E-state index is -0.244. The third kappa shape index (κ3) is 4.79. The number of halogens is 1. The van der Waals surface area contributed by atoms with Crippen LogP contribution in [0.4, 0.5) is 5.69 Å². The molecule has 1 aromatic heterocycles. The fraction of sp³-hybridized carbons (Fsp3) is 0.381. The molecule has 2 aromatic rings. The highest BCUT2D eigenvalue weighted by atomic mass is 35.5. The molecule has 3 amide bonds. The largest absolute Gasteiger partial charge is 0.328 e. The van der Waals surface area contributed by atoms with Gasteiger partial charge >= 0.3 is 0 Å². The second kappa shape index (κ2) is 8.97. The number of carbonyl (C=O) groups is 3. The number of anilines is 1. The second-order valence-electron chi connectivity index (χ2n) is 7.50. The van der Waals surface area contributed by atoms with Gasteiger partial charge in [0.05, 0.1) is 4.88 Å². The van der Waals surface area contributed by atoms with Crippen molar-refractivity contribution >= 4 is 46.3 Å². The molecular weight excluding hydrogens is 410 g/mol. The van der Waals surface area contributed by atoms with E-state index in [1.807, 2.05) is 38.3 Å². The fourth-order valence-corrected chi connectivity index (χ4v) is 4.15. The Morgan fingerprint density at radius 2 is 2.00 bits per heavy atom. The Hall–Kier alpha value is -2.38. The maximum Gasteiger partial charge on any atom is 0.264 e. The Morgan fingerprint density at radius 1 is 1.24 bits per heavy atom. The number of carbonyl (C=O) groups excluding carboxylic acids is 3. The molecule has 0 saturated carbocycles. The monoisotopic (exact) mass is 433 g/mol. The third-order valence-corrected chi connectivity index (χ3v) is 6.02. The smallest absolute Gasteiger partial charge is 0.264 e. The summed E-state index contributed by atoms with van der Waals surface area (Å²) in [6.45, 7) is 6.42. The third-order valence-electron chi connectivity index (χ3n) is 4.75. The highest BCUT2D eigenvalue weighted by molar-refractivity contribution is 7.12. The molecule has 1 aromatic carbocycles. The normalized spacial score (nSPS) is 14.0. The highest BCUT2D eigenvalue weighted by Crippen LogP contribution is 2.28. The second-order valence-corrected chi connectivity index (χ2v) is 8.85. The highest BCUT2D eigenvalue weighted by Gasteiger charge is 2.34. The molecule has 1 aliphatic heterocycles. The summed E-state index contributed by atoms with van der Waals surface area (Å²) < 4.78 is 0. The summed E-state index contributed by atoms with van der Waals surface area (Å²) in [7, 11) is 0. The van der Waals surface area contributed by atoms with Crippen LogP contribution in [-0.2, 0) is 9.59 Å². The molecule has 8 heteroatoms. The Balaban J connectivity index is 1.73. The maximum absolute atomic E-state index is 12.9. The Labute approximate surface area is 179 Å². The molecule has 1 saturated heterocycles. The molecule has 3 rings (SSSR count). The lowest BCUT2D eigenvalue weighted by Gasteiger charge is -2.26. The molecule has 0 bridgehead atoms. The lowest BCUT2D eigenvalue weighted by atomic mass is 10.2. The molecule has 1 aliphatic rings. The number of nitrogens with zero attached hydrogens (tertiary/aromatic N) is 3. The number of thiophene rings is 1. The van der Waals surface area contributed by atoms with Crippen LogP contribution in [0.15, 0.2) is 35.7 Å². The minimum absolute atomic E-state index is 0.00645. The minimum Gasteiger partial charge on any atom is -0.328 e. The summed E-state index contributed by atoms with van der Waals surface area (Å²) >= 11 is 7.53. The van der Waals surface area contributed by atoms with Crippen molar-refractivity contribution in [1.29, 1.82) is 0 Å². The molecule has 0 atom stereocenters. The van der Waals surface area contributed by atoms with E-state index in [4.69, 9.17) is 11.6 Å². The first-order valence-electron chi connectivity index (χ1n) is 9.44. The van der Waals surface area contributed by atoms with E-state index < -0.39 is 0 Å². The van der Waals surface area contributed by atoms with Crippen molar-refractivity contribution < 1.29 is 14.4 Å². The van der Waals surface area contributed by atoms with Crippen LogP contribution >= 0.6 is 22.9 Å². The number of hydrogen-bond acceptors (Lipinski definition) is 4. The molecule has 2 heterocycles. The molecule has 0 radical (unpaired) electrons. The molecule has 0 unspecified atom stereocenters. The zero-order valence-corrected chi connectivity index (χ0v) is 18.3. The summed E-state index contributed by atoms with van der Waals surface area (Å²) in [5, 5.41) is 2.41. The first kappa shape index (κ1) is 21.3. The van der Waals surface area contributed by atoms with E-state index in [0.717, 1.165) is 5.56 Å². The van der Waals surface area contributed by atoms with E-state index in [0.29, 0.717) is 22.1 Å². The van der Waals surface area contributed by atoms with Crippen molar-refractivity contribution in [2.75, 3.05) is 31.2 Å². The van der Waals surface area contributed by atoms with E-state index in [1.165, 1.54) is 16.2 Å². The maximum atomic E-state index is 12.9. The predicted octanol–water partition coefficient (Wildman–Crippen LogP) is 3.64. The van der Waals surface area contributed by atoms with Crippen molar-refractivity contribution in [3.05, 3.63) is 51.2 Å². The fourth-order valence-electron chi connectivity index (χ4n) is 3.29. The number of amides is 3. The van der Waals surface area contributed by atoms with Crippen LogP contribution in [-0.4, -0.2) is 53.8 Å². The molecule has 1 fully saturated rings. The van der Waals surface area contributed by atoms with Crippen LogP contribution < -0.4 is 4.90 Å². The van der Waals surface area contributed by atoms with Crippen molar-refractivity contribution in [3.63, 3.8) is 0 Å². The quantitative estimate of drug-likeness (QED) is 0.698. The van der Waals surface area contributed by atoms with Crippen molar-refractivity contribution in [2.24, 2.45) is 5.92 Å². The van der Waals surface area contributed by atoms with E-state index in [1.54, 1.807) is 28.0 Å². The van der Waals surface area contributed by atoms with Gasteiger partial charge in [0.15, 0.2) is 0 Å². The van der Waals surface area contributed by atoms with E-state index in [9.17, 15) is 14.4 Å². The van der Waals surface area contributed by atoms with Crippen molar-refractivity contribution in [1.82, 2.24) is 9.80 Å². The molecule has 6 nitrogen and oxygen atoms in total. The van der Waals surface area contributed by atoms with Gasteiger partial charge in [-0.15, -0.1) is 11.3 Å². The van der Waals surface area contributed by atoms with Gasteiger partial charge in [-0.2, -0.15) is 0 Å². The first-order valence-corrected chi connectivity index (χ1v) is 10.7. The summed E-state index contributed by atoms with van der Waals surface area (Å²) in [5.74, 6) is -0.345. The van der Waals surface area contributed by atoms with Gasteiger partial charge in [-0.05, 0) is 42.0 Å². The zero-order chi connectivity index (χ0) is 21.1. The van der Waals surface area contributed by atoms with Crippen LogP contribution in [0.5, 0.6) is 0 Å². The number of hydrogen-bond donors (Lipinski definition) is 0. The van der Waals surface area contributed by atoms with Crippen LogP contribution in [0.2, 0.25) is 5.02 Å². The van der Waals surface area contributed by atoms with E-state index in [2.05, 4.69) is 0 Å². The van der Waals surface area contributed by atoms with Gasteiger partial charge in [0.2, 0.25) is 11.8 Å². The summed E-state index contributed by atoms with van der Waals surface area (Å²) in [6, 6.07) is 8.94. The molecule has 0 aliphatic carbocycles. The standard InChI is InChI=1S/C21H24ClN3O3S/c1-14(2)10-23(21(28)18-8-5-9-29-18)11-19(26)24-12-20(27)25(13-24)17-7-4-6-16(22)15(17)3/h4-9,14H,10-13H2,1-3H3. The van der Waals surface area contributed by atoms with Crippen LogP contribution in [0.1, 0.15) is 29.1 Å². The molecule has 29 heavy (non-hydrogen) atoms. The van der Waals surface area contributed by atoms with Crippen LogP contribution in [0.25, 0.3) is 0 Å². The molecule has 0 N–H and O–H groups in total. The van der Waals surface area contributed by atoms with Gasteiger partial charge < -0.3 is 9.80 Å². The average molecular weight is 434 g/mol. The van der Waals surface area contributed by atoms with Gasteiger partial charge in [0.25, 0.3) is 5.91 Å². The zero-order valence-electron chi connectivity index (χ0n) is 16.7. The van der Waals surface area contributed by atoms with Crippen LogP contribution in [0, 0.1) is 12.8 Å². The van der Waals surface area contributed by atoms with Gasteiger partial charge in [0, 0.05) is 17.3 Å². The molecule has 0 spiro atoms. The number of benzene rings is 1. The summed E-state index contributed by atoms with van der Waals surface area (Å²) in [6.07, 6.45) is 0.